The van der Waals surface area contributed by atoms with Crippen LogP contribution in [0.15, 0.2) is 249 Å². The summed E-state index contributed by atoms with van der Waals surface area (Å²) in [4.78, 5) is 4.81. The number of fused-ring (bicyclic) bond motifs is 9. The highest BCUT2D eigenvalue weighted by atomic mass is 32.1. The van der Waals surface area contributed by atoms with Crippen LogP contribution in [0.3, 0.4) is 0 Å². The van der Waals surface area contributed by atoms with E-state index in [1.165, 1.54) is 63.5 Å². The smallest absolute Gasteiger partial charge is 0.0555 e. The second kappa shape index (κ2) is 15.7. The average Bonchev–Trinajstić information content (AvgIpc) is 3.93. The van der Waals surface area contributed by atoms with Crippen molar-refractivity contribution < 1.29 is 0 Å². The van der Waals surface area contributed by atoms with Gasteiger partial charge in [0, 0.05) is 70.8 Å². The van der Waals surface area contributed by atoms with E-state index in [2.05, 4.69) is 263 Å². The van der Waals surface area contributed by atoms with E-state index in [4.69, 9.17) is 0 Å². The van der Waals surface area contributed by atoms with E-state index in [1.54, 1.807) is 0 Å². The predicted molar refractivity (Wildman–Crippen MR) is 283 cm³/mol. The predicted octanol–water partition coefficient (Wildman–Crippen LogP) is 18.1. The lowest BCUT2D eigenvalue weighted by atomic mass is 9.99. The van der Waals surface area contributed by atoms with Gasteiger partial charge in [-0.25, -0.2) is 0 Å². The number of para-hydroxylation sites is 3. The Hall–Kier alpha value is -8.44. The first-order valence-electron chi connectivity index (χ1n) is 22.5. The second-order valence-corrected chi connectivity index (χ2v) is 18.0. The molecule has 0 fully saturated rings. The molecule has 13 aromatic rings. The van der Waals surface area contributed by atoms with Gasteiger partial charge in [0.1, 0.15) is 0 Å². The van der Waals surface area contributed by atoms with Gasteiger partial charge in [-0.15, -0.1) is 11.3 Å². The van der Waals surface area contributed by atoms with Gasteiger partial charge in [-0.2, -0.15) is 0 Å². The van der Waals surface area contributed by atoms with Gasteiger partial charge in [0.15, 0.2) is 0 Å². The molecule has 0 amide bonds. The number of thiophene rings is 1. The highest BCUT2D eigenvalue weighted by Gasteiger charge is 2.22. The summed E-state index contributed by atoms with van der Waals surface area (Å²) in [5.41, 5.74) is 12.3. The lowest BCUT2D eigenvalue weighted by molar-refractivity contribution is 1.18. The Morgan fingerprint density at radius 1 is 0.303 bits per heavy atom. The lowest BCUT2D eigenvalue weighted by Gasteiger charge is -2.30. The number of hydrogen-bond donors (Lipinski definition) is 0. The van der Waals surface area contributed by atoms with E-state index in [-0.39, 0.29) is 0 Å². The summed E-state index contributed by atoms with van der Waals surface area (Å²) in [5, 5.41) is 9.95. The molecule has 13 rings (SSSR count). The zero-order chi connectivity index (χ0) is 43.6. The average molecular weight is 860 g/mol. The molecule has 2 heterocycles. The Morgan fingerprint density at radius 3 is 1.45 bits per heavy atom. The largest absolute Gasteiger partial charge is 0.310 e. The Balaban J connectivity index is 1.10. The van der Waals surface area contributed by atoms with Crippen molar-refractivity contribution in [3.05, 3.63) is 249 Å². The zero-order valence-corrected chi connectivity index (χ0v) is 36.7. The van der Waals surface area contributed by atoms with E-state index in [0.717, 1.165) is 50.9 Å². The van der Waals surface area contributed by atoms with Crippen molar-refractivity contribution in [1.82, 2.24) is 4.57 Å². The van der Waals surface area contributed by atoms with Crippen LogP contribution in [0.1, 0.15) is 0 Å². The van der Waals surface area contributed by atoms with Crippen molar-refractivity contribution >= 4 is 109 Å². The molecule has 0 unspecified atom stereocenters. The summed E-state index contributed by atoms with van der Waals surface area (Å²) < 4.78 is 5.06. The van der Waals surface area contributed by atoms with Gasteiger partial charge >= 0.3 is 0 Å². The van der Waals surface area contributed by atoms with Gasteiger partial charge in [0.2, 0.25) is 0 Å². The minimum Gasteiger partial charge on any atom is -0.310 e. The summed E-state index contributed by atoms with van der Waals surface area (Å²) >= 11 is 1.89. The van der Waals surface area contributed by atoms with E-state index in [9.17, 15) is 0 Å². The van der Waals surface area contributed by atoms with Crippen LogP contribution in [0, 0.1) is 0 Å². The minimum absolute atomic E-state index is 1.06. The number of anilines is 6. The molecule has 0 saturated heterocycles. The molecule has 4 heteroatoms. The summed E-state index contributed by atoms with van der Waals surface area (Å²) in [7, 11) is 0. The fourth-order valence-corrected chi connectivity index (χ4v) is 11.3. The van der Waals surface area contributed by atoms with Crippen LogP contribution in [0.2, 0.25) is 0 Å². The Bertz CT molecular complexity index is 3810. The quantitative estimate of drug-likeness (QED) is 0.151. The van der Waals surface area contributed by atoms with Crippen molar-refractivity contribution in [3.63, 3.8) is 0 Å². The molecule has 3 nitrogen and oxygen atoms in total. The summed E-state index contributed by atoms with van der Waals surface area (Å²) in [5.74, 6) is 0. The number of rotatable bonds is 8. The maximum atomic E-state index is 2.44. The third-order valence-electron chi connectivity index (χ3n) is 13.1. The van der Waals surface area contributed by atoms with Crippen molar-refractivity contribution in [2.45, 2.75) is 0 Å². The molecular weight excluding hydrogens is 819 g/mol. The second-order valence-electron chi connectivity index (χ2n) is 17.0. The van der Waals surface area contributed by atoms with Crippen LogP contribution < -0.4 is 9.80 Å². The van der Waals surface area contributed by atoms with Crippen LogP contribution in [0.4, 0.5) is 34.1 Å². The molecule has 310 valence electrons. The van der Waals surface area contributed by atoms with Crippen molar-refractivity contribution in [2.75, 3.05) is 9.80 Å². The monoisotopic (exact) mass is 859 g/mol. The topological polar surface area (TPSA) is 11.4 Å². The zero-order valence-electron chi connectivity index (χ0n) is 35.9. The normalized spacial score (nSPS) is 11.6. The maximum absolute atomic E-state index is 2.44. The van der Waals surface area contributed by atoms with E-state index < -0.39 is 0 Å². The SMILES string of the molecule is c1ccc(N(c2cc(-c3ccc4c(c3)c3c5sc6ccccc6c5ccc3n4-c3ccccc3)cc(N(c3ccccc3)c3ccc4ccccc4c3)c2)c2ccc3ccccc3c2)cc1. The van der Waals surface area contributed by atoms with Gasteiger partial charge in [0.25, 0.3) is 0 Å². The molecule has 0 saturated carbocycles. The number of aromatic nitrogens is 1. The fourth-order valence-electron chi connectivity index (χ4n) is 10.0. The molecule has 0 bridgehead atoms. The molecule has 0 N–H and O–H groups in total. The molecule has 0 spiro atoms. The van der Waals surface area contributed by atoms with E-state index in [1.807, 2.05) is 11.3 Å². The van der Waals surface area contributed by atoms with Crippen molar-refractivity contribution in [2.24, 2.45) is 0 Å². The van der Waals surface area contributed by atoms with Crippen molar-refractivity contribution in [3.8, 4) is 16.8 Å². The van der Waals surface area contributed by atoms with Crippen LogP contribution >= 0.6 is 11.3 Å². The first kappa shape index (κ1) is 38.1. The molecule has 0 aliphatic rings. The third kappa shape index (κ3) is 6.42. The van der Waals surface area contributed by atoms with Gasteiger partial charge in [-0.05, 0) is 136 Å². The highest BCUT2D eigenvalue weighted by molar-refractivity contribution is 7.26. The number of nitrogens with zero attached hydrogens (tertiary/aromatic N) is 3. The molecule has 0 aliphatic heterocycles. The van der Waals surface area contributed by atoms with Gasteiger partial charge in [-0.1, -0.05) is 146 Å². The molecule has 0 atom stereocenters. The van der Waals surface area contributed by atoms with E-state index >= 15 is 0 Å². The standard InChI is InChI=1S/C62H41N3S/c1-4-20-48(21-5-1)63(51-31-28-42-16-10-12-18-44(42)36-51)53-38-47(39-54(41-53)64(49-22-6-2-7-23-49)52-32-29-43-17-11-13-19-45(43)37-52)46-30-34-58-57(40-46)61-59(65(58)50-24-8-3-9-25-50)35-33-56-55-26-14-15-27-60(55)66-62(56)61/h1-41H. The first-order chi connectivity index (χ1) is 32.7. The van der Waals surface area contributed by atoms with Gasteiger partial charge in [-0.3, -0.25) is 0 Å². The summed E-state index contributed by atoms with van der Waals surface area (Å²) in [6.07, 6.45) is 0. The molecule has 11 aromatic carbocycles. The van der Waals surface area contributed by atoms with Crippen LogP contribution in [0.5, 0.6) is 0 Å². The molecular formula is C62H41N3S. The lowest BCUT2D eigenvalue weighted by Crippen LogP contribution is -2.13. The van der Waals surface area contributed by atoms with Crippen LogP contribution in [-0.2, 0) is 0 Å². The Kier molecular flexibility index (Phi) is 9.03. The van der Waals surface area contributed by atoms with Crippen LogP contribution in [-0.4, -0.2) is 4.57 Å². The third-order valence-corrected chi connectivity index (χ3v) is 14.3. The fraction of sp³-hybridized carbons (Fsp3) is 0. The Morgan fingerprint density at radius 2 is 0.833 bits per heavy atom. The number of hydrogen-bond acceptors (Lipinski definition) is 3. The summed E-state index contributed by atoms with van der Waals surface area (Å²) in [6.45, 7) is 0. The maximum Gasteiger partial charge on any atom is 0.0555 e. The molecule has 0 aliphatic carbocycles. The highest BCUT2D eigenvalue weighted by Crippen LogP contribution is 2.47. The molecule has 66 heavy (non-hydrogen) atoms. The van der Waals surface area contributed by atoms with Gasteiger partial charge < -0.3 is 14.4 Å². The first-order valence-corrected chi connectivity index (χ1v) is 23.3. The number of benzene rings is 11. The van der Waals surface area contributed by atoms with Gasteiger partial charge in [0.05, 0.1) is 11.0 Å². The Labute approximate surface area is 386 Å². The van der Waals surface area contributed by atoms with Crippen molar-refractivity contribution in [1.29, 1.82) is 0 Å². The molecule has 2 aromatic heterocycles. The van der Waals surface area contributed by atoms with E-state index in [0.29, 0.717) is 0 Å². The van der Waals surface area contributed by atoms with Crippen LogP contribution in [0.25, 0.3) is 80.3 Å². The summed E-state index contributed by atoms with van der Waals surface area (Å²) in [6, 6.07) is 90.8. The molecule has 0 radical (unpaired) electrons. The minimum atomic E-state index is 1.06.